The number of hydrogen-bond donors (Lipinski definition) is 1. The van der Waals surface area contributed by atoms with Gasteiger partial charge in [0.25, 0.3) is 5.91 Å². The second-order valence-electron chi connectivity index (χ2n) is 5.32. The van der Waals surface area contributed by atoms with Gasteiger partial charge in [0.05, 0.1) is 18.1 Å². The number of hydroxylamine groups is 1. The Bertz CT molecular complexity index is 524. The van der Waals surface area contributed by atoms with Crippen molar-refractivity contribution < 1.29 is 18.8 Å². The first kappa shape index (κ1) is 15.6. The van der Waals surface area contributed by atoms with Gasteiger partial charge in [0.1, 0.15) is 11.5 Å². The van der Waals surface area contributed by atoms with E-state index in [1.807, 2.05) is 6.92 Å². The number of furan rings is 1. The molecule has 6 nitrogen and oxygen atoms in total. The topological polar surface area (TPSA) is 71.8 Å². The zero-order valence-electron chi connectivity index (χ0n) is 12.8. The Balaban J connectivity index is 2.02. The molecule has 1 atom stereocenters. The van der Waals surface area contributed by atoms with Crippen molar-refractivity contribution in [3.8, 4) is 0 Å². The van der Waals surface area contributed by atoms with Gasteiger partial charge in [-0.2, -0.15) is 0 Å². The molecule has 1 fully saturated rings. The van der Waals surface area contributed by atoms with E-state index in [4.69, 9.17) is 9.25 Å². The highest BCUT2D eigenvalue weighted by atomic mass is 16.6. The van der Waals surface area contributed by atoms with Crippen molar-refractivity contribution in [2.75, 3.05) is 19.7 Å². The number of rotatable bonds is 4. The number of carbonyl (C=O) groups is 2. The normalized spacial score (nSPS) is 18.6. The maximum absolute atomic E-state index is 12.5. The number of nitrogens with one attached hydrogen (secondary N) is 1. The number of likely N-dealkylation sites (tertiary alicyclic amines) is 1. The van der Waals surface area contributed by atoms with Crippen molar-refractivity contribution in [1.29, 1.82) is 0 Å². The fourth-order valence-corrected chi connectivity index (χ4v) is 2.62. The molecule has 2 rings (SSSR count). The molecule has 1 aliphatic rings. The van der Waals surface area contributed by atoms with Crippen LogP contribution in [0.3, 0.4) is 0 Å². The van der Waals surface area contributed by atoms with E-state index in [1.165, 1.54) is 0 Å². The van der Waals surface area contributed by atoms with Gasteiger partial charge in [0, 0.05) is 13.1 Å². The third-order valence-electron chi connectivity index (χ3n) is 3.67. The lowest BCUT2D eigenvalue weighted by Crippen LogP contribution is -2.45. The standard InChI is InChI=1S/C15H22N2O4/c1-4-20-16-14(18)12-6-5-7-17(9-12)15(19)13-8-10(2)21-11(13)3/h8,12H,4-7,9H2,1-3H3,(H,16,18). The van der Waals surface area contributed by atoms with Crippen molar-refractivity contribution in [2.24, 2.45) is 5.92 Å². The third-order valence-corrected chi connectivity index (χ3v) is 3.67. The Morgan fingerprint density at radius 1 is 1.48 bits per heavy atom. The number of amides is 2. The zero-order valence-corrected chi connectivity index (χ0v) is 12.8. The highest BCUT2D eigenvalue weighted by molar-refractivity contribution is 5.95. The van der Waals surface area contributed by atoms with Gasteiger partial charge in [-0.05, 0) is 39.7 Å². The first-order valence-electron chi connectivity index (χ1n) is 7.30. The van der Waals surface area contributed by atoms with Crippen LogP contribution in [0.1, 0.15) is 41.6 Å². The molecule has 6 heteroatoms. The number of nitrogens with zero attached hydrogens (tertiary/aromatic N) is 1. The molecule has 1 aliphatic heterocycles. The summed E-state index contributed by atoms with van der Waals surface area (Å²) >= 11 is 0. The van der Waals surface area contributed by atoms with Crippen LogP contribution in [0.15, 0.2) is 10.5 Å². The van der Waals surface area contributed by atoms with Crippen LogP contribution in [0.25, 0.3) is 0 Å². The van der Waals surface area contributed by atoms with Crippen LogP contribution in [0.5, 0.6) is 0 Å². The average molecular weight is 294 g/mol. The lowest BCUT2D eigenvalue weighted by molar-refractivity contribution is -0.138. The minimum atomic E-state index is -0.220. The molecule has 0 saturated carbocycles. The van der Waals surface area contributed by atoms with Crippen molar-refractivity contribution in [3.63, 3.8) is 0 Å². The second kappa shape index (κ2) is 6.76. The molecule has 0 bridgehead atoms. The van der Waals surface area contributed by atoms with Gasteiger partial charge in [0.2, 0.25) is 5.91 Å². The van der Waals surface area contributed by atoms with Crippen LogP contribution in [-0.2, 0) is 9.63 Å². The third kappa shape index (κ3) is 3.64. The highest BCUT2D eigenvalue weighted by Crippen LogP contribution is 2.21. The van der Waals surface area contributed by atoms with E-state index >= 15 is 0 Å². The van der Waals surface area contributed by atoms with Gasteiger partial charge in [-0.15, -0.1) is 0 Å². The van der Waals surface area contributed by atoms with Crippen molar-refractivity contribution >= 4 is 11.8 Å². The quantitative estimate of drug-likeness (QED) is 0.860. The predicted molar refractivity (Wildman–Crippen MR) is 76.6 cm³/mol. The summed E-state index contributed by atoms with van der Waals surface area (Å²) in [5.74, 6) is 0.896. The molecule has 2 amide bonds. The summed E-state index contributed by atoms with van der Waals surface area (Å²) in [6.07, 6.45) is 1.58. The number of carbonyl (C=O) groups excluding carboxylic acids is 2. The van der Waals surface area contributed by atoms with Gasteiger partial charge < -0.3 is 9.32 Å². The van der Waals surface area contributed by atoms with Gasteiger partial charge in [-0.1, -0.05) is 0 Å². The Morgan fingerprint density at radius 2 is 2.24 bits per heavy atom. The van der Waals surface area contributed by atoms with Crippen LogP contribution in [-0.4, -0.2) is 36.4 Å². The molecule has 1 aromatic rings. The Labute approximate surface area is 124 Å². The molecule has 21 heavy (non-hydrogen) atoms. The maximum Gasteiger partial charge on any atom is 0.257 e. The first-order chi connectivity index (χ1) is 10.0. The second-order valence-corrected chi connectivity index (χ2v) is 5.32. The molecule has 0 aromatic carbocycles. The summed E-state index contributed by atoms with van der Waals surface area (Å²) in [5.41, 5.74) is 3.00. The van der Waals surface area contributed by atoms with Gasteiger partial charge >= 0.3 is 0 Å². The summed E-state index contributed by atoms with van der Waals surface area (Å²) in [7, 11) is 0. The van der Waals surface area contributed by atoms with E-state index in [1.54, 1.807) is 24.8 Å². The molecule has 116 valence electrons. The van der Waals surface area contributed by atoms with Crippen LogP contribution < -0.4 is 5.48 Å². The fraction of sp³-hybridized carbons (Fsp3) is 0.600. The summed E-state index contributed by atoms with van der Waals surface area (Å²) < 4.78 is 5.41. The molecule has 0 aliphatic carbocycles. The van der Waals surface area contributed by atoms with Crippen molar-refractivity contribution in [1.82, 2.24) is 10.4 Å². The predicted octanol–water partition coefficient (Wildman–Crippen LogP) is 1.82. The Morgan fingerprint density at radius 3 is 2.86 bits per heavy atom. The largest absolute Gasteiger partial charge is 0.466 e. The minimum absolute atomic E-state index is 0.0711. The monoisotopic (exact) mass is 294 g/mol. The SMILES string of the molecule is CCONC(=O)C1CCCN(C(=O)c2cc(C)oc2C)C1. The summed E-state index contributed by atoms with van der Waals surface area (Å²) in [6.45, 7) is 6.92. The number of aryl methyl sites for hydroxylation is 2. The summed E-state index contributed by atoms with van der Waals surface area (Å²) in [6, 6.07) is 1.75. The van der Waals surface area contributed by atoms with E-state index in [2.05, 4.69) is 5.48 Å². The van der Waals surface area contributed by atoms with E-state index in [0.29, 0.717) is 31.0 Å². The van der Waals surface area contributed by atoms with E-state index in [0.717, 1.165) is 18.6 Å². The van der Waals surface area contributed by atoms with E-state index in [-0.39, 0.29) is 17.7 Å². The minimum Gasteiger partial charge on any atom is -0.466 e. The lowest BCUT2D eigenvalue weighted by Gasteiger charge is -2.31. The molecule has 0 spiro atoms. The molecular formula is C15H22N2O4. The highest BCUT2D eigenvalue weighted by Gasteiger charge is 2.30. The zero-order chi connectivity index (χ0) is 15.4. The fourth-order valence-electron chi connectivity index (χ4n) is 2.62. The van der Waals surface area contributed by atoms with Gasteiger partial charge in [0.15, 0.2) is 0 Å². The molecule has 2 heterocycles. The molecular weight excluding hydrogens is 272 g/mol. The van der Waals surface area contributed by atoms with Crippen molar-refractivity contribution in [3.05, 3.63) is 23.2 Å². The first-order valence-corrected chi connectivity index (χ1v) is 7.30. The summed E-state index contributed by atoms with van der Waals surface area (Å²) in [5, 5.41) is 0. The number of hydrogen-bond acceptors (Lipinski definition) is 4. The van der Waals surface area contributed by atoms with Crippen LogP contribution in [0.4, 0.5) is 0 Å². The van der Waals surface area contributed by atoms with Gasteiger partial charge in [-0.3, -0.25) is 14.4 Å². The van der Waals surface area contributed by atoms with Gasteiger partial charge in [-0.25, -0.2) is 5.48 Å². The van der Waals surface area contributed by atoms with E-state index < -0.39 is 0 Å². The number of piperidine rings is 1. The molecule has 0 radical (unpaired) electrons. The van der Waals surface area contributed by atoms with Crippen LogP contribution >= 0.6 is 0 Å². The Kier molecular flexibility index (Phi) is 5.01. The maximum atomic E-state index is 12.5. The molecule has 1 saturated heterocycles. The molecule has 1 unspecified atom stereocenters. The van der Waals surface area contributed by atoms with Crippen LogP contribution in [0, 0.1) is 19.8 Å². The summed E-state index contributed by atoms with van der Waals surface area (Å²) in [4.78, 5) is 31.1. The Hall–Kier alpha value is -1.82. The average Bonchev–Trinajstić information content (AvgIpc) is 2.82. The smallest absolute Gasteiger partial charge is 0.257 e. The van der Waals surface area contributed by atoms with Crippen molar-refractivity contribution in [2.45, 2.75) is 33.6 Å². The molecule has 1 aromatic heterocycles. The van der Waals surface area contributed by atoms with E-state index in [9.17, 15) is 9.59 Å². The molecule has 1 N–H and O–H groups in total. The lowest BCUT2D eigenvalue weighted by atomic mass is 9.97. The van der Waals surface area contributed by atoms with Crippen LogP contribution in [0.2, 0.25) is 0 Å².